The molecule has 0 saturated heterocycles. The van der Waals surface area contributed by atoms with Crippen LogP contribution >= 0.6 is 0 Å². The molecule has 0 bridgehead atoms. The van der Waals surface area contributed by atoms with Crippen molar-refractivity contribution in [2.45, 2.75) is 19.8 Å². The number of benzene rings is 2. The number of para-hydroxylation sites is 1. The van der Waals surface area contributed by atoms with Gasteiger partial charge in [-0.15, -0.1) is 0 Å². The lowest BCUT2D eigenvalue weighted by atomic mass is 10.0. The van der Waals surface area contributed by atoms with Crippen molar-refractivity contribution in [1.29, 1.82) is 0 Å². The molecule has 2 aromatic carbocycles. The van der Waals surface area contributed by atoms with E-state index in [9.17, 15) is 14.9 Å². The molecule has 0 spiro atoms. The first-order valence-electron chi connectivity index (χ1n) is 7.65. The van der Waals surface area contributed by atoms with E-state index in [0.29, 0.717) is 28.9 Å². The number of aromatic nitrogens is 2. The van der Waals surface area contributed by atoms with Crippen LogP contribution in [0.15, 0.2) is 48.5 Å². The van der Waals surface area contributed by atoms with Gasteiger partial charge in [0.05, 0.1) is 10.4 Å². The van der Waals surface area contributed by atoms with E-state index in [2.05, 4.69) is 9.97 Å². The van der Waals surface area contributed by atoms with E-state index in [1.54, 1.807) is 0 Å². The van der Waals surface area contributed by atoms with Crippen molar-refractivity contribution in [3.63, 3.8) is 0 Å². The van der Waals surface area contributed by atoms with Gasteiger partial charge in [-0.1, -0.05) is 25.1 Å². The highest BCUT2D eigenvalue weighted by Crippen LogP contribution is 2.21. The van der Waals surface area contributed by atoms with Crippen LogP contribution in [0.3, 0.4) is 0 Å². The molecule has 0 amide bonds. The standard InChI is InChI=1S/C18H15N3O3/c1-2-5-16-19-15-7-4-3-6-14(15)17(20-16)18(22)12-8-10-13(11-9-12)21(23)24/h3-4,6-11H,2,5H2,1H3. The first-order valence-corrected chi connectivity index (χ1v) is 7.65. The summed E-state index contributed by atoms with van der Waals surface area (Å²) in [6, 6.07) is 12.9. The number of non-ortho nitro benzene ring substituents is 1. The molecule has 6 nitrogen and oxygen atoms in total. The van der Waals surface area contributed by atoms with Gasteiger partial charge in [0.15, 0.2) is 0 Å². The molecule has 0 atom stereocenters. The lowest BCUT2D eigenvalue weighted by Crippen LogP contribution is -2.09. The number of aryl methyl sites for hydroxylation is 1. The van der Waals surface area contributed by atoms with E-state index in [0.717, 1.165) is 11.9 Å². The zero-order chi connectivity index (χ0) is 17.1. The molecule has 0 aliphatic carbocycles. The van der Waals surface area contributed by atoms with E-state index in [4.69, 9.17) is 0 Å². The Kier molecular flexibility index (Phi) is 4.29. The Morgan fingerprint density at radius 3 is 2.46 bits per heavy atom. The number of ketones is 1. The monoisotopic (exact) mass is 321 g/mol. The number of fused-ring (bicyclic) bond motifs is 1. The van der Waals surface area contributed by atoms with Crippen LogP contribution in [0.5, 0.6) is 0 Å². The number of nitro groups is 1. The van der Waals surface area contributed by atoms with Gasteiger partial charge in [0.2, 0.25) is 5.78 Å². The molecule has 0 unspecified atom stereocenters. The highest BCUT2D eigenvalue weighted by molar-refractivity contribution is 6.14. The molecule has 0 aliphatic rings. The molecular weight excluding hydrogens is 306 g/mol. The second-order valence-electron chi connectivity index (χ2n) is 5.39. The number of nitrogens with zero attached hydrogens (tertiary/aromatic N) is 3. The Bertz CT molecular complexity index is 920. The average Bonchev–Trinajstić information content (AvgIpc) is 2.61. The molecule has 0 aliphatic heterocycles. The van der Waals surface area contributed by atoms with Crippen LogP contribution in [0.2, 0.25) is 0 Å². The highest BCUT2D eigenvalue weighted by Gasteiger charge is 2.17. The fourth-order valence-corrected chi connectivity index (χ4v) is 2.50. The maximum absolute atomic E-state index is 12.8. The van der Waals surface area contributed by atoms with Crippen LogP contribution in [-0.4, -0.2) is 20.7 Å². The van der Waals surface area contributed by atoms with Crippen molar-refractivity contribution in [3.8, 4) is 0 Å². The summed E-state index contributed by atoms with van der Waals surface area (Å²) in [6.45, 7) is 2.02. The van der Waals surface area contributed by atoms with E-state index in [1.807, 2.05) is 31.2 Å². The van der Waals surface area contributed by atoms with Crippen LogP contribution in [0.25, 0.3) is 10.9 Å². The Balaban J connectivity index is 2.09. The molecule has 3 aromatic rings. The van der Waals surface area contributed by atoms with Gasteiger partial charge in [0.25, 0.3) is 5.69 Å². The van der Waals surface area contributed by atoms with Gasteiger partial charge in [-0.3, -0.25) is 14.9 Å². The average molecular weight is 321 g/mol. The summed E-state index contributed by atoms with van der Waals surface area (Å²) >= 11 is 0. The van der Waals surface area contributed by atoms with Gasteiger partial charge in [-0.25, -0.2) is 9.97 Å². The van der Waals surface area contributed by atoms with Gasteiger partial charge in [-0.05, 0) is 24.6 Å². The molecule has 24 heavy (non-hydrogen) atoms. The van der Waals surface area contributed by atoms with Gasteiger partial charge in [0, 0.05) is 29.5 Å². The Labute approximate surface area is 138 Å². The van der Waals surface area contributed by atoms with Crippen LogP contribution in [0, 0.1) is 10.1 Å². The molecule has 1 heterocycles. The quantitative estimate of drug-likeness (QED) is 0.406. The minimum atomic E-state index is -0.492. The SMILES string of the molecule is CCCc1nc(C(=O)c2ccc([N+](=O)[O-])cc2)c2ccccc2n1. The third kappa shape index (κ3) is 2.99. The first kappa shape index (κ1) is 15.7. The maximum Gasteiger partial charge on any atom is 0.269 e. The third-order valence-corrected chi connectivity index (χ3v) is 3.68. The summed E-state index contributed by atoms with van der Waals surface area (Å²) in [5, 5.41) is 11.4. The molecule has 120 valence electrons. The van der Waals surface area contributed by atoms with Crippen LogP contribution in [0.1, 0.15) is 35.2 Å². The summed E-state index contributed by atoms with van der Waals surface area (Å²) < 4.78 is 0. The van der Waals surface area contributed by atoms with Gasteiger partial charge < -0.3 is 0 Å². The molecule has 0 saturated carbocycles. The second-order valence-corrected chi connectivity index (χ2v) is 5.39. The van der Waals surface area contributed by atoms with Crippen molar-refractivity contribution >= 4 is 22.4 Å². The number of carbonyl (C=O) groups excluding carboxylic acids is 1. The second kappa shape index (κ2) is 6.54. The van der Waals surface area contributed by atoms with Crippen LogP contribution in [-0.2, 0) is 6.42 Å². The lowest BCUT2D eigenvalue weighted by Gasteiger charge is -2.07. The number of rotatable bonds is 5. The minimum Gasteiger partial charge on any atom is -0.287 e. The fourth-order valence-electron chi connectivity index (χ4n) is 2.50. The van der Waals surface area contributed by atoms with E-state index >= 15 is 0 Å². The molecule has 0 radical (unpaired) electrons. The molecule has 3 rings (SSSR count). The van der Waals surface area contributed by atoms with Gasteiger partial charge in [-0.2, -0.15) is 0 Å². The van der Waals surface area contributed by atoms with Gasteiger partial charge in [0.1, 0.15) is 11.5 Å². The summed E-state index contributed by atoms with van der Waals surface area (Å²) in [7, 11) is 0. The molecule has 0 N–H and O–H groups in total. The number of hydrogen-bond donors (Lipinski definition) is 0. The Hall–Kier alpha value is -3.15. The van der Waals surface area contributed by atoms with Crippen molar-refractivity contribution in [2.24, 2.45) is 0 Å². The minimum absolute atomic E-state index is 0.0502. The van der Waals surface area contributed by atoms with Gasteiger partial charge >= 0.3 is 0 Å². The summed E-state index contributed by atoms with van der Waals surface area (Å²) in [4.78, 5) is 32.0. The fraction of sp³-hybridized carbons (Fsp3) is 0.167. The van der Waals surface area contributed by atoms with E-state index in [-0.39, 0.29) is 11.5 Å². The van der Waals surface area contributed by atoms with Crippen molar-refractivity contribution in [1.82, 2.24) is 9.97 Å². The van der Waals surface area contributed by atoms with E-state index < -0.39 is 4.92 Å². The molecular formula is C18H15N3O3. The predicted octanol–water partition coefficient (Wildman–Crippen LogP) is 3.72. The first-order chi connectivity index (χ1) is 11.6. The number of carbonyl (C=O) groups is 1. The zero-order valence-corrected chi connectivity index (χ0v) is 13.1. The van der Waals surface area contributed by atoms with E-state index in [1.165, 1.54) is 24.3 Å². The summed E-state index contributed by atoms with van der Waals surface area (Å²) in [5.41, 5.74) is 1.37. The normalized spacial score (nSPS) is 10.7. The maximum atomic E-state index is 12.8. The molecule has 1 aromatic heterocycles. The van der Waals surface area contributed by atoms with Crippen LogP contribution < -0.4 is 0 Å². The topological polar surface area (TPSA) is 86.0 Å². The predicted molar refractivity (Wildman–Crippen MR) is 90.1 cm³/mol. The lowest BCUT2D eigenvalue weighted by molar-refractivity contribution is -0.384. The number of nitro benzene ring substituents is 1. The Morgan fingerprint density at radius 1 is 1.08 bits per heavy atom. The van der Waals surface area contributed by atoms with Crippen molar-refractivity contribution < 1.29 is 9.72 Å². The number of hydrogen-bond acceptors (Lipinski definition) is 5. The third-order valence-electron chi connectivity index (χ3n) is 3.68. The van der Waals surface area contributed by atoms with Crippen molar-refractivity contribution in [3.05, 3.63) is 75.7 Å². The summed E-state index contributed by atoms with van der Waals surface area (Å²) in [5.74, 6) is 0.363. The zero-order valence-electron chi connectivity index (χ0n) is 13.1. The van der Waals surface area contributed by atoms with Crippen molar-refractivity contribution in [2.75, 3.05) is 0 Å². The molecule has 0 fully saturated rings. The van der Waals surface area contributed by atoms with Crippen LogP contribution in [0.4, 0.5) is 5.69 Å². The summed E-state index contributed by atoms with van der Waals surface area (Å²) in [6.07, 6.45) is 1.56. The molecule has 6 heteroatoms. The highest BCUT2D eigenvalue weighted by atomic mass is 16.6. The Morgan fingerprint density at radius 2 is 1.79 bits per heavy atom. The smallest absolute Gasteiger partial charge is 0.269 e. The largest absolute Gasteiger partial charge is 0.287 e.